The summed E-state index contributed by atoms with van der Waals surface area (Å²) in [6.45, 7) is 1.32. The molecule has 26 heavy (non-hydrogen) atoms. The summed E-state index contributed by atoms with van der Waals surface area (Å²) in [5.41, 5.74) is 3.64. The third-order valence-electron chi connectivity index (χ3n) is 3.24. The molecule has 0 radical (unpaired) electrons. The summed E-state index contributed by atoms with van der Waals surface area (Å²) in [6.07, 6.45) is 0. The maximum Gasteiger partial charge on any atom is 0.259 e. The first-order valence-electron chi connectivity index (χ1n) is 7.69. The highest BCUT2D eigenvalue weighted by Crippen LogP contribution is 2.22. The monoisotopic (exact) mass is 393 g/mol. The van der Waals surface area contributed by atoms with Crippen LogP contribution in [0, 0.1) is 0 Å². The molecule has 8 heteroatoms. The van der Waals surface area contributed by atoms with E-state index in [1.54, 1.807) is 49.4 Å². The van der Waals surface area contributed by atoms with Gasteiger partial charge in [-0.1, -0.05) is 47.5 Å². The number of hydrazone groups is 1. The van der Waals surface area contributed by atoms with Crippen LogP contribution in [0.5, 0.6) is 5.75 Å². The molecule has 2 aromatic carbocycles. The van der Waals surface area contributed by atoms with Crippen molar-refractivity contribution in [2.75, 3.05) is 13.2 Å². The summed E-state index contributed by atoms with van der Waals surface area (Å²) in [5.74, 6) is -0.291. The number of hydrogen-bond acceptors (Lipinski definition) is 4. The zero-order valence-electron chi connectivity index (χ0n) is 14.0. The van der Waals surface area contributed by atoms with Crippen LogP contribution in [0.25, 0.3) is 0 Å². The van der Waals surface area contributed by atoms with Crippen molar-refractivity contribution in [1.29, 1.82) is 0 Å². The van der Waals surface area contributed by atoms with Crippen LogP contribution in [0.3, 0.4) is 0 Å². The predicted octanol–water partition coefficient (Wildman–Crippen LogP) is 3.03. The molecule has 0 aliphatic heterocycles. The van der Waals surface area contributed by atoms with Crippen LogP contribution in [-0.4, -0.2) is 30.7 Å². The van der Waals surface area contributed by atoms with Crippen LogP contribution >= 0.6 is 23.2 Å². The van der Waals surface area contributed by atoms with E-state index in [9.17, 15) is 9.59 Å². The Labute approximate surface area is 161 Å². The molecule has 0 saturated carbocycles. The number of nitrogens with zero attached hydrogens (tertiary/aromatic N) is 1. The molecule has 2 N–H and O–H groups in total. The van der Waals surface area contributed by atoms with Gasteiger partial charge in [0.15, 0.2) is 6.61 Å². The maximum absolute atomic E-state index is 11.8. The van der Waals surface area contributed by atoms with Gasteiger partial charge in [-0.25, -0.2) is 5.43 Å². The minimum Gasteiger partial charge on any atom is -0.484 e. The maximum atomic E-state index is 11.8. The van der Waals surface area contributed by atoms with E-state index in [4.69, 9.17) is 27.9 Å². The Bertz CT molecular complexity index is 811. The number of benzene rings is 2. The first-order chi connectivity index (χ1) is 12.5. The molecule has 0 saturated heterocycles. The number of nitrogens with one attached hydrogen (secondary N) is 2. The Morgan fingerprint density at radius 2 is 1.77 bits per heavy atom. The van der Waals surface area contributed by atoms with E-state index in [-0.39, 0.29) is 13.2 Å². The minimum absolute atomic E-state index is 0.178. The Kier molecular flexibility index (Phi) is 7.44. The second-order valence-corrected chi connectivity index (χ2v) is 6.05. The number of amides is 2. The summed E-state index contributed by atoms with van der Waals surface area (Å²) >= 11 is 11.8. The summed E-state index contributed by atoms with van der Waals surface area (Å²) in [4.78, 5) is 23.4. The van der Waals surface area contributed by atoms with Gasteiger partial charge in [-0.05, 0) is 36.8 Å². The molecule has 0 aliphatic rings. The normalized spacial score (nSPS) is 11.0. The summed E-state index contributed by atoms with van der Waals surface area (Å²) < 4.78 is 5.28. The third-order valence-corrected chi connectivity index (χ3v) is 3.98. The third kappa shape index (κ3) is 6.38. The number of halogens is 2. The molecule has 2 amide bonds. The molecule has 2 aromatic rings. The van der Waals surface area contributed by atoms with E-state index >= 15 is 0 Å². The van der Waals surface area contributed by atoms with Gasteiger partial charge in [0.05, 0.1) is 22.3 Å². The van der Waals surface area contributed by atoms with E-state index < -0.39 is 11.8 Å². The topological polar surface area (TPSA) is 79.8 Å². The first-order valence-corrected chi connectivity index (χ1v) is 8.44. The van der Waals surface area contributed by atoms with Crippen molar-refractivity contribution in [1.82, 2.24) is 10.7 Å². The van der Waals surface area contributed by atoms with Crippen molar-refractivity contribution < 1.29 is 14.3 Å². The Morgan fingerprint density at radius 3 is 2.46 bits per heavy atom. The summed E-state index contributed by atoms with van der Waals surface area (Å²) in [7, 11) is 0. The molecule has 0 aliphatic carbocycles. The SMILES string of the molecule is C/C(=N\NC(=O)CNC(=O)COc1ccccc1)c1ccc(Cl)c(Cl)c1. The van der Waals surface area contributed by atoms with Crippen LogP contribution in [0.2, 0.25) is 10.0 Å². The molecule has 0 atom stereocenters. The number of ether oxygens (including phenoxy) is 1. The van der Waals surface area contributed by atoms with Gasteiger partial charge in [-0.15, -0.1) is 0 Å². The molecular formula is C18H17Cl2N3O3. The van der Waals surface area contributed by atoms with E-state index in [1.165, 1.54) is 0 Å². The van der Waals surface area contributed by atoms with Gasteiger partial charge >= 0.3 is 0 Å². The zero-order valence-corrected chi connectivity index (χ0v) is 15.5. The fraction of sp³-hybridized carbons (Fsp3) is 0.167. The lowest BCUT2D eigenvalue weighted by atomic mass is 10.1. The molecule has 6 nitrogen and oxygen atoms in total. The van der Waals surface area contributed by atoms with Crippen LogP contribution in [0.4, 0.5) is 0 Å². The van der Waals surface area contributed by atoms with Crippen LogP contribution in [0.1, 0.15) is 12.5 Å². The quantitative estimate of drug-likeness (QED) is 0.560. The average molecular weight is 394 g/mol. The highest BCUT2D eigenvalue weighted by molar-refractivity contribution is 6.42. The Morgan fingerprint density at radius 1 is 1.04 bits per heavy atom. The largest absolute Gasteiger partial charge is 0.484 e. The molecule has 0 heterocycles. The van der Waals surface area contributed by atoms with Crippen LogP contribution in [-0.2, 0) is 9.59 Å². The van der Waals surface area contributed by atoms with Crippen LogP contribution in [0.15, 0.2) is 53.6 Å². The van der Waals surface area contributed by atoms with Crippen molar-refractivity contribution in [2.24, 2.45) is 5.10 Å². The molecule has 0 spiro atoms. The predicted molar refractivity (Wildman–Crippen MR) is 102 cm³/mol. The Balaban J connectivity index is 1.75. The lowest BCUT2D eigenvalue weighted by Crippen LogP contribution is -2.37. The lowest BCUT2D eigenvalue weighted by Gasteiger charge is -2.07. The van der Waals surface area contributed by atoms with Gasteiger partial charge in [-0.3, -0.25) is 9.59 Å². The highest BCUT2D eigenvalue weighted by Gasteiger charge is 2.07. The number of carbonyl (C=O) groups excluding carboxylic acids is 2. The molecule has 2 rings (SSSR count). The number of rotatable bonds is 7. The first kappa shape index (κ1) is 19.8. The highest BCUT2D eigenvalue weighted by atomic mass is 35.5. The summed E-state index contributed by atoms with van der Waals surface area (Å²) in [6, 6.07) is 14.0. The van der Waals surface area contributed by atoms with Gasteiger partial charge in [0, 0.05) is 0 Å². The van der Waals surface area contributed by atoms with Crippen molar-refractivity contribution in [2.45, 2.75) is 6.92 Å². The molecule has 0 unspecified atom stereocenters. The molecule has 0 bridgehead atoms. The van der Waals surface area contributed by atoms with Gasteiger partial charge in [0.1, 0.15) is 5.75 Å². The smallest absolute Gasteiger partial charge is 0.259 e. The van der Waals surface area contributed by atoms with Gasteiger partial charge in [-0.2, -0.15) is 5.10 Å². The standard InChI is InChI=1S/C18H17Cl2N3O3/c1-12(13-7-8-15(19)16(20)9-13)22-23-17(24)10-21-18(25)11-26-14-5-3-2-4-6-14/h2-9H,10-11H2,1H3,(H,21,25)(H,23,24)/b22-12+. The zero-order chi connectivity index (χ0) is 18.9. The van der Waals surface area contributed by atoms with E-state index in [0.717, 1.165) is 5.56 Å². The second kappa shape index (κ2) is 9.79. The Hall–Kier alpha value is -2.57. The van der Waals surface area contributed by atoms with E-state index in [2.05, 4.69) is 15.8 Å². The van der Waals surface area contributed by atoms with Gasteiger partial charge < -0.3 is 10.1 Å². The number of hydrogen-bond donors (Lipinski definition) is 2. The van der Waals surface area contributed by atoms with Gasteiger partial charge in [0.25, 0.3) is 11.8 Å². The second-order valence-electron chi connectivity index (χ2n) is 5.24. The summed E-state index contributed by atoms with van der Waals surface area (Å²) in [5, 5.41) is 7.25. The van der Waals surface area contributed by atoms with Crippen molar-refractivity contribution in [3.8, 4) is 5.75 Å². The molecular weight excluding hydrogens is 377 g/mol. The minimum atomic E-state index is -0.461. The fourth-order valence-corrected chi connectivity index (χ4v) is 2.17. The molecule has 0 aromatic heterocycles. The van der Waals surface area contributed by atoms with Gasteiger partial charge in [0.2, 0.25) is 0 Å². The molecule has 0 fully saturated rings. The van der Waals surface area contributed by atoms with Crippen molar-refractivity contribution >= 4 is 40.7 Å². The number of para-hydroxylation sites is 1. The molecule has 136 valence electrons. The average Bonchev–Trinajstić information content (AvgIpc) is 2.65. The lowest BCUT2D eigenvalue weighted by molar-refractivity contribution is -0.127. The van der Waals surface area contributed by atoms with Crippen molar-refractivity contribution in [3.05, 3.63) is 64.1 Å². The number of carbonyl (C=O) groups is 2. The van der Waals surface area contributed by atoms with E-state index in [0.29, 0.717) is 21.5 Å². The van der Waals surface area contributed by atoms with Crippen molar-refractivity contribution in [3.63, 3.8) is 0 Å². The van der Waals surface area contributed by atoms with Crippen LogP contribution < -0.4 is 15.5 Å². The van der Waals surface area contributed by atoms with E-state index in [1.807, 2.05) is 6.07 Å². The fourth-order valence-electron chi connectivity index (χ4n) is 1.87.